The second-order valence-electron chi connectivity index (χ2n) is 9.19. The first-order chi connectivity index (χ1) is 16.4. The lowest BCUT2D eigenvalue weighted by Crippen LogP contribution is -2.40. The Morgan fingerprint density at radius 3 is 2.53 bits per heavy atom. The van der Waals surface area contributed by atoms with Crippen LogP contribution in [0, 0.1) is 0 Å². The number of morpholine rings is 1. The number of ether oxygens (including phenoxy) is 1. The molecule has 1 N–H and O–H groups in total. The molecular weight excluding hydrogens is 452 g/mol. The van der Waals surface area contributed by atoms with Crippen molar-refractivity contribution in [3.05, 3.63) is 48.0 Å². The molecule has 0 aliphatic carbocycles. The lowest BCUT2D eigenvalue weighted by molar-refractivity contribution is -0.117. The van der Waals surface area contributed by atoms with E-state index in [9.17, 15) is 13.2 Å². The van der Waals surface area contributed by atoms with Gasteiger partial charge in [-0.1, -0.05) is 18.2 Å². The van der Waals surface area contributed by atoms with E-state index in [1.54, 1.807) is 12.1 Å². The summed E-state index contributed by atoms with van der Waals surface area (Å²) in [7, 11) is -3.63. The summed E-state index contributed by atoms with van der Waals surface area (Å²) in [5, 5.41) is 3.29. The van der Waals surface area contributed by atoms with Crippen LogP contribution in [0.3, 0.4) is 0 Å². The normalized spacial score (nSPS) is 21.0. The predicted molar refractivity (Wildman–Crippen MR) is 133 cm³/mol. The zero-order valence-corrected chi connectivity index (χ0v) is 20.4. The highest BCUT2D eigenvalue weighted by molar-refractivity contribution is 7.89. The molecule has 3 heterocycles. The van der Waals surface area contributed by atoms with Gasteiger partial charge in [0.2, 0.25) is 15.9 Å². The third-order valence-electron chi connectivity index (χ3n) is 6.93. The van der Waals surface area contributed by atoms with E-state index in [0.29, 0.717) is 32.0 Å². The van der Waals surface area contributed by atoms with Gasteiger partial charge in [-0.3, -0.25) is 4.79 Å². The molecule has 8 nitrogen and oxygen atoms in total. The Labute approximate surface area is 201 Å². The highest BCUT2D eigenvalue weighted by Crippen LogP contribution is 2.34. The van der Waals surface area contributed by atoms with Crippen molar-refractivity contribution in [1.29, 1.82) is 0 Å². The van der Waals surface area contributed by atoms with E-state index in [2.05, 4.69) is 23.2 Å². The number of carbonyl (C=O) groups is 1. The number of carbonyl (C=O) groups excluding carboxylic acids is 1. The van der Waals surface area contributed by atoms with Crippen LogP contribution in [-0.2, 0) is 26.0 Å². The average molecular weight is 485 g/mol. The summed E-state index contributed by atoms with van der Waals surface area (Å²) >= 11 is 0. The van der Waals surface area contributed by atoms with Crippen LogP contribution in [0.25, 0.3) is 0 Å². The predicted octanol–water partition coefficient (Wildman–Crippen LogP) is 2.70. The fourth-order valence-electron chi connectivity index (χ4n) is 5.19. The number of para-hydroxylation sites is 1. The molecule has 5 rings (SSSR count). The number of fused-ring (bicyclic) bond motifs is 1. The summed E-state index contributed by atoms with van der Waals surface area (Å²) in [4.78, 5) is 17.6. The van der Waals surface area contributed by atoms with E-state index < -0.39 is 10.0 Å². The maximum atomic E-state index is 13.3. The molecule has 1 atom stereocenters. The molecule has 2 aromatic rings. The first-order valence-electron chi connectivity index (χ1n) is 12.1. The van der Waals surface area contributed by atoms with Crippen molar-refractivity contribution in [1.82, 2.24) is 4.31 Å². The van der Waals surface area contributed by atoms with Crippen molar-refractivity contribution in [3.63, 3.8) is 0 Å². The van der Waals surface area contributed by atoms with E-state index >= 15 is 0 Å². The molecule has 182 valence electrons. The number of amides is 1. The van der Waals surface area contributed by atoms with E-state index in [1.165, 1.54) is 9.87 Å². The number of anilines is 3. The quantitative estimate of drug-likeness (QED) is 0.679. The van der Waals surface area contributed by atoms with E-state index in [1.807, 2.05) is 29.2 Å². The molecule has 0 bridgehead atoms. The van der Waals surface area contributed by atoms with Crippen LogP contribution >= 0.6 is 0 Å². The summed E-state index contributed by atoms with van der Waals surface area (Å²) in [6, 6.07) is 13.4. The van der Waals surface area contributed by atoms with E-state index in [4.69, 9.17) is 4.74 Å². The zero-order valence-electron chi connectivity index (χ0n) is 19.6. The first kappa shape index (κ1) is 23.1. The number of nitrogens with zero attached hydrogens (tertiary/aromatic N) is 3. The number of nitrogens with one attached hydrogen (secondary N) is 1. The van der Waals surface area contributed by atoms with Gasteiger partial charge in [0.1, 0.15) is 0 Å². The minimum absolute atomic E-state index is 0.0220. The minimum Gasteiger partial charge on any atom is -0.379 e. The molecule has 0 saturated carbocycles. The summed E-state index contributed by atoms with van der Waals surface area (Å²) in [5.41, 5.74) is 3.77. The van der Waals surface area contributed by atoms with Crippen LogP contribution in [0.5, 0.6) is 0 Å². The Morgan fingerprint density at radius 1 is 1.03 bits per heavy atom. The SMILES string of the molecule is C[C@@H]1Cc2ccccc2N1C(=O)CNc1cc(S(=O)(=O)N2CCOCC2)ccc1N1CCCC1. The second kappa shape index (κ2) is 9.56. The smallest absolute Gasteiger partial charge is 0.246 e. The molecule has 34 heavy (non-hydrogen) atoms. The summed E-state index contributed by atoms with van der Waals surface area (Å²) in [6.45, 7) is 5.51. The minimum atomic E-state index is -3.63. The Balaban J connectivity index is 1.40. The lowest BCUT2D eigenvalue weighted by Gasteiger charge is -2.28. The molecule has 3 aliphatic rings. The van der Waals surface area contributed by atoms with Crippen molar-refractivity contribution in [2.45, 2.75) is 37.1 Å². The molecule has 2 fully saturated rings. The van der Waals surface area contributed by atoms with Crippen molar-refractivity contribution in [3.8, 4) is 0 Å². The average Bonchev–Trinajstić information content (AvgIpc) is 3.50. The molecule has 2 saturated heterocycles. The van der Waals surface area contributed by atoms with Gasteiger partial charge in [-0.15, -0.1) is 0 Å². The Kier molecular flexibility index (Phi) is 6.50. The number of benzene rings is 2. The standard InChI is InChI=1S/C25H32N4O4S/c1-19-16-20-6-2-3-7-23(20)29(19)25(30)18-26-22-17-21(8-9-24(22)27-10-4-5-11-27)34(31,32)28-12-14-33-15-13-28/h2-3,6-9,17,19,26H,4-5,10-16,18H2,1H3/t19-/m1/s1. The van der Waals surface area contributed by atoms with Crippen LogP contribution in [0.15, 0.2) is 47.4 Å². The van der Waals surface area contributed by atoms with Gasteiger partial charge in [-0.25, -0.2) is 8.42 Å². The molecule has 1 amide bonds. The van der Waals surface area contributed by atoms with Crippen LogP contribution in [-0.4, -0.2) is 70.6 Å². The van der Waals surface area contributed by atoms with Gasteiger partial charge in [0.15, 0.2) is 0 Å². The van der Waals surface area contributed by atoms with Crippen molar-refractivity contribution >= 4 is 33.0 Å². The number of rotatable bonds is 6. The fraction of sp³-hybridized carbons (Fsp3) is 0.480. The van der Waals surface area contributed by atoms with Gasteiger partial charge in [-0.2, -0.15) is 4.31 Å². The van der Waals surface area contributed by atoms with Gasteiger partial charge in [0.25, 0.3) is 0 Å². The molecule has 3 aliphatic heterocycles. The monoisotopic (exact) mass is 484 g/mol. The second-order valence-corrected chi connectivity index (χ2v) is 11.1. The summed E-state index contributed by atoms with van der Waals surface area (Å²) < 4.78 is 33.3. The first-order valence-corrected chi connectivity index (χ1v) is 13.5. The number of hydrogen-bond acceptors (Lipinski definition) is 6. The van der Waals surface area contributed by atoms with E-state index in [0.717, 1.165) is 43.7 Å². The largest absolute Gasteiger partial charge is 0.379 e. The molecule has 0 aromatic heterocycles. The van der Waals surface area contributed by atoms with E-state index in [-0.39, 0.29) is 23.4 Å². The lowest BCUT2D eigenvalue weighted by atomic mass is 10.1. The van der Waals surface area contributed by atoms with Crippen LogP contribution in [0.1, 0.15) is 25.3 Å². The maximum Gasteiger partial charge on any atom is 0.246 e. The van der Waals surface area contributed by atoms with Crippen molar-refractivity contribution in [2.75, 3.05) is 61.1 Å². The van der Waals surface area contributed by atoms with Gasteiger partial charge in [0.05, 0.1) is 36.0 Å². The number of hydrogen-bond donors (Lipinski definition) is 1. The summed E-state index contributed by atoms with van der Waals surface area (Å²) in [5.74, 6) is -0.0220. The van der Waals surface area contributed by atoms with Gasteiger partial charge in [0, 0.05) is 37.9 Å². The van der Waals surface area contributed by atoms with Crippen LogP contribution in [0.4, 0.5) is 17.1 Å². The number of sulfonamides is 1. The molecule has 9 heteroatoms. The highest BCUT2D eigenvalue weighted by Gasteiger charge is 2.31. The van der Waals surface area contributed by atoms with Gasteiger partial charge in [-0.05, 0) is 56.0 Å². The third-order valence-corrected chi connectivity index (χ3v) is 8.82. The Morgan fingerprint density at radius 2 is 1.76 bits per heavy atom. The molecule has 0 unspecified atom stereocenters. The molecule has 0 spiro atoms. The van der Waals surface area contributed by atoms with Crippen LogP contribution in [0.2, 0.25) is 0 Å². The van der Waals surface area contributed by atoms with Crippen LogP contribution < -0.4 is 15.1 Å². The van der Waals surface area contributed by atoms with Gasteiger partial charge < -0.3 is 19.9 Å². The molecular formula is C25H32N4O4S. The fourth-order valence-corrected chi connectivity index (χ4v) is 6.62. The summed E-state index contributed by atoms with van der Waals surface area (Å²) in [6.07, 6.45) is 3.05. The highest BCUT2D eigenvalue weighted by atomic mass is 32.2. The third kappa shape index (κ3) is 4.39. The topological polar surface area (TPSA) is 82.2 Å². The Hall–Kier alpha value is -2.62. The van der Waals surface area contributed by atoms with Crippen molar-refractivity contribution in [2.24, 2.45) is 0 Å². The Bertz CT molecular complexity index is 1160. The molecule has 2 aromatic carbocycles. The zero-order chi connectivity index (χ0) is 23.7. The maximum absolute atomic E-state index is 13.3. The van der Waals surface area contributed by atoms with Gasteiger partial charge >= 0.3 is 0 Å². The van der Waals surface area contributed by atoms with Crippen molar-refractivity contribution < 1.29 is 17.9 Å². The molecule has 0 radical (unpaired) electrons.